The van der Waals surface area contributed by atoms with Gasteiger partial charge >= 0.3 is 0 Å². The molecule has 3 heteroatoms. The molecule has 0 heterocycles. The van der Waals surface area contributed by atoms with Crippen molar-refractivity contribution in [3.05, 3.63) is 65.2 Å². The van der Waals surface area contributed by atoms with Gasteiger partial charge in [-0.1, -0.05) is 42.0 Å². The van der Waals surface area contributed by atoms with Gasteiger partial charge in [0.05, 0.1) is 6.07 Å². The predicted molar refractivity (Wildman–Crippen MR) is 74.5 cm³/mol. The highest BCUT2D eigenvalue weighted by Crippen LogP contribution is 2.17. The molecule has 2 N–H and O–H groups in total. The quantitative estimate of drug-likeness (QED) is 0.879. The summed E-state index contributed by atoms with van der Waals surface area (Å²) in [5.41, 5.74) is 3.22. The van der Waals surface area contributed by atoms with Gasteiger partial charge in [-0.3, -0.25) is 5.32 Å². The molecule has 0 radical (unpaired) electrons. The Morgan fingerprint density at radius 3 is 2.32 bits per heavy atom. The van der Waals surface area contributed by atoms with Crippen LogP contribution in [0.3, 0.4) is 0 Å². The monoisotopic (exact) mass is 252 g/mol. The SMILES string of the molecule is Cc1ccc(CNC(C#N)c2ccc(O)cc2)cc1. The van der Waals surface area contributed by atoms with Gasteiger partial charge in [0.25, 0.3) is 0 Å². The van der Waals surface area contributed by atoms with E-state index in [0.717, 1.165) is 11.1 Å². The van der Waals surface area contributed by atoms with Crippen molar-refractivity contribution in [2.24, 2.45) is 0 Å². The van der Waals surface area contributed by atoms with Crippen molar-refractivity contribution in [2.75, 3.05) is 0 Å². The summed E-state index contributed by atoms with van der Waals surface area (Å²) in [5.74, 6) is 0.207. The van der Waals surface area contributed by atoms with Crippen LogP contribution < -0.4 is 5.32 Å². The van der Waals surface area contributed by atoms with Crippen molar-refractivity contribution in [1.82, 2.24) is 5.32 Å². The second-order valence-corrected chi connectivity index (χ2v) is 4.52. The minimum absolute atomic E-state index is 0.207. The Balaban J connectivity index is 2.02. The Hall–Kier alpha value is -2.31. The summed E-state index contributed by atoms with van der Waals surface area (Å²) >= 11 is 0. The molecule has 0 amide bonds. The molecule has 0 spiro atoms. The van der Waals surface area contributed by atoms with Crippen LogP contribution in [0.15, 0.2) is 48.5 Å². The third-order valence-electron chi connectivity index (χ3n) is 2.99. The van der Waals surface area contributed by atoms with Crippen LogP contribution in [0.25, 0.3) is 0 Å². The Bertz CT molecular complexity index is 567. The zero-order valence-corrected chi connectivity index (χ0v) is 10.8. The number of nitriles is 1. The van der Waals surface area contributed by atoms with E-state index in [9.17, 15) is 10.4 Å². The van der Waals surface area contributed by atoms with Gasteiger partial charge in [0.15, 0.2) is 0 Å². The van der Waals surface area contributed by atoms with Gasteiger partial charge in [-0.15, -0.1) is 0 Å². The van der Waals surface area contributed by atoms with Crippen molar-refractivity contribution >= 4 is 0 Å². The summed E-state index contributed by atoms with van der Waals surface area (Å²) in [6.07, 6.45) is 0. The van der Waals surface area contributed by atoms with Crippen LogP contribution in [0.1, 0.15) is 22.7 Å². The summed E-state index contributed by atoms with van der Waals surface area (Å²) in [6.45, 7) is 2.69. The highest BCUT2D eigenvalue weighted by atomic mass is 16.3. The van der Waals surface area contributed by atoms with E-state index in [2.05, 4.69) is 23.5 Å². The highest BCUT2D eigenvalue weighted by molar-refractivity contribution is 5.31. The summed E-state index contributed by atoms with van der Waals surface area (Å²) in [6, 6.07) is 16.8. The van der Waals surface area contributed by atoms with E-state index in [-0.39, 0.29) is 11.8 Å². The molecule has 0 bridgehead atoms. The van der Waals surface area contributed by atoms with E-state index < -0.39 is 0 Å². The Morgan fingerprint density at radius 2 is 1.74 bits per heavy atom. The first-order valence-electron chi connectivity index (χ1n) is 6.16. The zero-order valence-electron chi connectivity index (χ0n) is 10.8. The molecule has 96 valence electrons. The minimum Gasteiger partial charge on any atom is -0.508 e. The molecule has 0 saturated carbocycles. The number of aromatic hydroxyl groups is 1. The fourth-order valence-electron chi connectivity index (χ4n) is 1.83. The van der Waals surface area contributed by atoms with E-state index in [4.69, 9.17) is 0 Å². The van der Waals surface area contributed by atoms with E-state index >= 15 is 0 Å². The molecule has 1 atom stereocenters. The maximum atomic E-state index is 9.24. The number of nitrogens with one attached hydrogen (secondary N) is 1. The van der Waals surface area contributed by atoms with E-state index in [0.29, 0.717) is 6.54 Å². The molecule has 0 aliphatic carbocycles. The van der Waals surface area contributed by atoms with Gasteiger partial charge in [-0.25, -0.2) is 0 Å². The van der Waals surface area contributed by atoms with E-state index in [1.807, 2.05) is 19.1 Å². The fraction of sp³-hybridized carbons (Fsp3) is 0.188. The third kappa shape index (κ3) is 3.57. The van der Waals surface area contributed by atoms with Gasteiger partial charge < -0.3 is 5.11 Å². The highest BCUT2D eigenvalue weighted by Gasteiger charge is 2.09. The van der Waals surface area contributed by atoms with Gasteiger partial charge in [0.1, 0.15) is 11.8 Å². The van der Waals surface area contributed by atoms with Crippen LogP contribution in [-0.4, -0.2) is 5.11 Å². The van der Waals surface area contributed by atoms with Gasteiger partial charge in [-0.2, -0.15) is 5.26 Å². The summed E-state index contributed by atoms with van der Waals surface area (Å²) in [4.78, 5) is 0. The molecule has 3 nitrogen and oxygen atoms in total. The Labute approximate surface area is 113 Å². The molecule has 0 fully saturated rings. The predicted octanol–water partition coefficient (Wildman–Crippen LogP) is 3.06. The number of hydrogen-bond acceptors (Lipinski definition) is 3. The summed E-state index contributed by atoms with van der Waals surface area (Å²) in [7, 11) is 0. The van der Waals surface area contributed by atoms with Crippen LogP contribution in [0, 0.1) is 18.3 Å². The van der Waals surface area contributed by atoms with Gasteiger partial charge in [-0.05, 0) is 30.2 Å². The molecule has 0 aliphatic rings. The Morgan fingerprint density at radius 1 is 1.11 bits per heavy atom. The largest absolute Gasteiger partial charge is 0.508 e. The molecule has 2 rings (SSSR count). The third-order valence-corrected chi connectivity index (χ3v) is 2.99. The van der Waals surface area contributed by atoms with E-state index in [1.54, 1.807) is 24.3 Å². The number of phenols is 1. The zero-order chi connectivity index (χ0) is 13.7. The maximum absolute atomic E-state index is 9.24. The number of benzene rings is 2. The topological polar surface area (TPSA) is 56.0 Å². The lowest BCUT2D eigenvalue weighted by molar-refractivity contribution is 0.474. The molecule has 2 aromatic rings. The second kappa shape index (κ2) is 6.03. The van der Waals surface area contributed by atoms with Crippen LogP contribution in [-0.2, 0) is 6.54 Å². The standard InChI is InChI=1S/C16H16N2O/c1-12-2-4-13(5-3-12)11-18-16(10-17)14-6-8-15(19)9-7-14/h2-9,16,18-19H,11H2,1H3. The van der Waals surface area contributed by atoms with Crippen molar-refractivity contribution in [3.8, 4) is 11.8 Å². The van der Waals surface area contributed by atoms with Crippen LogP contribution in [0.2, 0.25) is 0 Å². The summed E-state index contributed by atoms with van der Waals surface area (Å²) < 4.78 is 0. The lowest BCUT2D eigenvalue weighted by Crippen LogP contribution is -2.19. The van der Waals surface area contributed by atoms with Crippen molar-refractivity contribution in [2.45, 2.75) is 19.5 Å². The maximum Gasteiger partial charge on any atom is 0.121 e. The fourth-order valence-corrected chi connectivity index (χ4v) is 1.83. The molecule has 0 saturated heterocycles. The number of aryl methyl sites for hydroxylation is 1. The lowest BCUT2D eigenvalue weighted by atomic mass is 10.1. The minimum atomic E-state index is -0.373. The lowest BCUT2D eigenvalue weighted by Gasteiger charge is -2.12. The van der Waals surface area contributed by atoms with Crippen LogP contribution in [0.5, 0.6) is 5.75 Å². The molecule has 1 unspecified atom stereocenters. The van der Waals surface area contributed by atoms with Crippen LogP contribution in [0.4, 0.5) is 0 Å². The van der Waals surface area contributed by atoms with Gasteiger partial charge in [0.2, 0.25) is 0 Å². The molecule has 0 aromatic heterocycles. The van der Waals surface area contributed by atoms with Crippen LogP contribution >= 0.6 is 0 Å². The molecular weight excluding hydrogens is 236 g/mol. The molecular formula is C16H16N2O. The molecule has 2 aromatic carbocycles. The smallest absolute Gasteiger partial charge is 0.121 e. The average Bonchev–Trinajstić information content (AvgIpc) is 2.43. The average molecular weight is 252 g/mol. The van der Waals surface area contributed by atoms with Crippen molar-refractivity contribution < 1.29 is 5.11 Å². The van der Waals surface area contributed by atoms with Gasteiger partial charge in [0, 0.05) is 6.54 Å². The van der Waals surface area contributed by atoms with E-state index in [1.165, 1.54) is 5.56 Å². The Kier molecular flexibility index (Phi) is 4.17. The number of nitrogens with zero attached hydrogens (tertiary/aromatic N) is 1. The first-order chi connectivity index (χ1) is 9.19. The first kappa shape index (κ1) is 13.1. The van der Waals surface area contributed by atoms with Crippen molar-refractivity contribution in [3.63, 3.8) is 0 Å². The molecule has 0 aliphatic heterocycles. The molecule has 19 heavy (non-hydrogen) atoms. The normalized spacial score (nSPS) is 11.8. The first-order valence-corrected chi connectivity index (χ1v) is 6.16. The van der Waals surface area contributed by atoms with Crippen molar-refractivity contribution in [1.29, 1.82) is 5.26 Å². The number of hydrogen-bond donors (Lipinski definition) is 2. The number of rotatable bonds is 4. The summed E-state index contributed by atoms with van der Waals surface area (Å²) in [5, 5.41) is 21.6. The second-order valence-electron chi connectivity index (χ2n) is 4.52. The number of phenolic OH excluding ortho intramolecular Hbond substituents is 1.